The standard InChI is InChI=1S/C16H26O3/c17-8-6-14-10-13-4-3-7-16(11-13,12-14)19-15-5-1-2-9-18-15/h8,13-15H,1-7,9-12H2. The van der Waals surface area contributed by atoms with E-state index in [1.807, 2.05) is 0 Å². The minimum absolute atomic E-state index is 0.0162. The first-order chi connectivity index (χ1) is 9.30. The van der Waals surface area contributed by atoms with E-state index in [1.165, 1.54) is 44.9 Å². The minimum atomic E-state index is 0.0162. The monoisotopic (exact) mass is 266 g/mol. The number of rotatable bonds is 4. The molecule has 3 rings (SSSR count). The van der Waals surface area contributed by atoms with Crippen LogP contribution in [0.1, 0.15) is 64.2 Å². The summed E-state index contributed by atoms with van der Waals surface area (Å²) < 4.78 is 12.2. The van der Waals surface area contributed by atoms with Crippen molar-refractivity contribution in [1.82, 2.24) is 0 Å². The van der Waals surface area contributed by atoms with Gasteiger partial charge in [-0.05, 0) is 56.8 Å². The van der Waals surface area contributed by atoms with Crippen molar-refractivity contribution in [3.05, 3.63) is 0 Å². The largest absolute Gasteiger partial charge is 0.353 e. The molecule has 4 atom stereocenters. The molecule has 0 spiro atoms. The van der Waals surface area contributed by atoms with Crippen molar-refractivity contribution >= 4 is 6.29 Å². The normalized spacial score (nSPS) is 42.8. The number of hydrogen-bond acceptors (Lipinski definition) is 3. The molecular weight excluding hydrogens is 240 g/mol. The van der Waals surface area contributed by atoms with Crippen LogP contribution in [0.2, 0.25) is 0 Å². The van der Waals surface area contributed by atoms with Gasteiger partial charge in [-0.1, -0.05) is 12.8 Å². The molecule has 0 aromatic rings. The number of fused-ring (bicyclic) bond motifs is 2. The highest BCUT2D eigenvalue weighted by Gasteiger charge is 2.45. The molecule has 19 heavy (non-hydrogen) atoms. The van der Waals surface area contributed by atoms with Crippen LogP contribution in [0.25, 0.3) is 0 Å². The molecule has 0 aromatic carbocycles. The molecule has 2 aliphatic carbocycles. The highest BCUT2D eigenvalue weighted by atomic mass is 16.7. The maximum Gasteiger partial charge on any atom is 0.158 e. The zero-order valence-electron chi connectivity index (χ0n) is 11.8. The van der Waals surface area contributed by atoms with Crippen molar-refractivity contribution in [2.24, 2.45) is 11.8 Å². The van der Waals surface area contributed by atoms with Gasteiger partial charge in [0.05, 0.1) is 5.60 Å². The van der Waals surface area contributed by atoms with E-state index in [0.717, 1.165) is 31.7 Å². The summed E-state index contributed by atoms with van der Waals surface area (Å²) >= 11 is 0. The molecule has 0 amide bonds. The fourth-order valence-electron chi connectivity index (χ4n) is 4.46. The maximum atomic E-state index is 10.8. The van der Waals surface area contributed by atoms with E-state index in [-0.39, 0.29) is 11.9 Å². The lowest BCUT2D eigenvalue weighted by atomic mass is 9.64. The third-order valence-electron chi connectivity index (χ3n) is 5.18. The van der Waals surface area contributed by atoms with Gasteiger partial charge in [-0.3, -0.25) is 0 Å². The fraction of sp³-hybridized carbons (Fsp3) is 0.938. The Balaban J connectivity index is 1.66. The van der Waals surface area contributed by atoms with Crippen molar-refractivity contribution in [1.29, 1.82) is 0 Å². The Morgan fingerprint density at radius 3 is 2.95 bits per heavy atom. The smallest absolute Gasteiger partial charge is 0.158 e. The predicted molar refractivity (Wildman–Crippen MR) is 72.8 cm³/mol. The number of carbonyl (C=O) groups is 1. The molecule has 3 nitrogen and oxygen atoms in total. The lowest BCUT2D eigenvalue weighted by Gasteiger charge is -2.49. The van der Waals surface area contributed by atoms with Crippen LogP contribution in [-0.2, 0) is 14.3 Å². The van der Waals surface area contributed by atoms with Gasteiger partial charge in [0.1, 0.15) is 6.29 Å². The van der Waals surface area contributed by atoms with Gasteiger partial charge in [0.25, 0.3) is 0 Å². The van der Waals surface area contributed by atoms with Gasteiger partial charge in [0.2, 0.25) is 0 Å². The molecule has 2 bridgehead atoms. The van der Waals surface area contributed by atoms with Gasteiger partial charge in [0.15, 0.2) is 6.29 Å². The van der Waals surface area contributed by atoms with E-state index in [4.69, 9.17) is 9.47 Å². The highest BCUT2D eigenvalue weighted by Crippen LogP contribution is 2.49. The van der Waals surface area contributed by atoms with Crippen LogP contribution in [0.5, 0.6) is 0 Å². The maximum absolute atomic E-state index is 10.8. The summed E-state index contributed by atoms with van der Waals surface area (Å²) in [4.78, 5) is 10.8. The number of aldehydes is 1. The second-order valence-electron chi connectivity index (χ2n) is 6.77. The quantitative estimate of drug-likeness (QED) is 0.731. The molecule has 3 fully saturated rings. The van der Waals surface area contributed by atoms with Crippen molar-refractivity contribution < 1.29 is 14.3 Å². The molecule has 0 N–H and O–H groups in total. The minimum Gasteiger partial charge on any atom is -0.353 e. The van der Waals surface area contributed by atoms with Crippen LogP contribution in [0.15, 0.2) is 0 Å². The predicted octanol–water partition coefficient (Wildman–Crippen LogP) is 3.46. The van der Waals surface area contributed by atoms with Gasteiger partial charge >= 0.3 is 0 Å². The Kier molecular flexibility index (Phi) is 4.23. The Bertz CT molecular complexity index is 311. The van der Waals surface area contributed by atoms with Gasteiger partial charge in [-0.15, -0.1) is 0 Å². The van der Waals surface area contributed by atoms with E-state index in [2.05, 4.69) is 0 Å². The van der Waals surface area contributed by atoms with Gasteiger partial charge < -0.3 is 14.3 Å². The number of hydrogen-bond donors (Lipinski definition) is 0. The first kappa shape index (κ1) is 13.6. The average Bonchev–Trinajstić information content (AvgIpc) is 2.39. The van der Waals surface area contributed by atoms with Crippen LogP contribution in [0.4, 0.5) is 0 Å². The summed E-state index contributed by atoms with van der Waals surface area (Å²) in [5, 5.41) is 0. The molecule has 1 saturated heterocycles. The zero-order chi connectivity index (χ0) is 13.1. The van der Waals surface area contributed by atoms with Crippen LogP contribution >= 0.6 is 0 Å². The number of carbonyl (C=O) groups excluding carboxylic acids is 1. The Hall–Kier alpha value is -0.410. The van der Waals surface area contributed by atoms with Crippen LogP contribution in [0, 0.1) is 11.8 Å². The zero-order valence-corrected chi connectivity index (χ0v) is 11.8. The molecule has 0 radical (unpaired) electrons. The van der Waals surface area contributed by atoms with Gasteiger partial charge in [-0.2, -0.15) is 0 Å². The van der Waals surface area contributed by atoms with Gasteiger partial charge in [0, 0.05) is 13.0 Å². The Morgan fingerprint density at radius 2 is 2.16 bits per heavy atom. The third kappa shape index (κ3) is 3.19. The summed E-state index contributed by atoms with van der Waals surface area (Å²) in [6, 6.07) is 0. The molecule has 1 aliphatic heterocycles. The third-order valence-corrected chi connectivity index (χ3v) is 5.18. The SMILES string of the molecule is O=CCC1CC2CCCC(OC3CCCCO3)(C1)C2. The van der Waals surface area contributed by atoms with E-state index < -0.39 is 0 Å². The van der Waals surface area contributed by atoms with Crippen LogP contribution in [0.3, 0.4) is 0 Å². The molecule has 108 valence electrons. The summed E-state index contributed by atoms with van der Waals surface area (Å²) in [6.45, 7) is 0.849. The lowest BCUT2D eigenvalue weighted by molar-refractivity contribution is -0.249. The van der Waals surface area contributed by atoms with E-state index in [9.17, 15) is 4.79 Å². The summed E-state index contributed by atoms with van der Waals surface area (Å²) in [7, 11) is 0. The van der Waals surface area contributed by atoms with Crippen molar-refractivity contribution in [2.75, 3.05) is 6.61 Å². The van der Waals surface area contributed by atoms with Crippen molar-refractivity contribution in [3.8, 4) is 0 Å². The molecule has 3 heteroatoms. The van der Waals surface area contributed by atoms with Crippen LogP contribution < -0.4 is 0 Å². The van der Waals surface area contributed by atoms with E-state index in [0.29, 0.717) is 12.3 Å². The first-order valence-corrected chi connectivity index (χ1v) is 8.03. The van der Waals surface area contributed by atoms with Crippen molar-refractivity contribution in [3.63, 3.8) is 0 Å². The molecule has 1 heterocycles. The van der Waals surface area contributed by atoms with E-state index >= 15 is 0 Å². The number of ether oxygens (including phenoxy) is 2. The second kappa shape index (κ2) is 5.92. The Labute approximate surface area is 116 Å². The van der Waals surface area contributed by atoms with Crippen molar-refractivity contribution in [2.45, 2.75) is 76.1 Å². The molecule has 3 aliphatic rings. The average molecular weight is 266 g/mol. The first-order valence-electron chi connectivity index (χ1n) is 8.03. The topological polar surface area (TPSA) is 35.5 Å². The molecule has 0 aromatic heterocycles. The molecule has 2 saturated carbocycles. The lowest BCUT2D eigenvalue weighted by Crippen LogP contribution is -2.47. The summed E-state index contributed by atoms with van der Waals surface area (Å²) in [6.07, 6.45) is 12.5. The Morgan fingerprint density at radius 1 is 1.21 bits per heavy atom. The molecular formula is C16H26O3. The highest BCUT2D eigenvalue weighted by molar-refractivity contribution is 5.49. The van der Waals surface area contributed by atoms with Crippen LogP contribution in [-0.4, -0.2) is 24.8 Å². The second-order valence-corrected chi connectivity index (χ2v) is 6.77. The summed E-state index contributed by atoms with van der Waals surface area (Å²) in [5.41, 5.74) is 0.0247. The summed E-state index contributed by atoms with van der Waals surface area (Å²) in [5.74, 6) is 1.32. The van der Waals surface area contributed by atoms with Gasteiger partial charge in [-0.25, -0.2) is 0 Å². The fourth-order valence-corrected chi connectivity index (χ4v) is 4.46. The van der Waals surface area contributed by atoms with E-state index in [1.54, 1.807) is 0 Å². The molecule has 4 unspecified atom stereocenters.